The fraction of sp³-hybridized carbons (Fsp3) is 0.381. The normalized spacial score (nSPS) is 18.4. The van der Waals surface area contributed by atoms with Crippen molar-refractivity contribution in [2.45, 2.75) is 45.1 Å². The fourth-order valence-corrected chi connectivity index (χ4v) is 3.84. The van der Waals surface area contributed by atoms with Gasteiger partial charge in [-0.15, -0.1) is 0 Å². The van der Waals surface area contributed by atoms with E-state index in [4.69, 9.17) is 0 Å². The second-order valence-electron chi connectivity index (χ2n) is 7.85. The molecular formula is C21H23F3N6O. The lowest BCUT2D eigenvalue weighted by Crippen LogP contribution is -2.36. The number of fused-ring (bicyclic) bond motifs is 1. The summed E-state index contributed by atoms with van der Waals surface area (Å²) in [6.45, 7) is 3.95. The third-order valence-corrected chi connectivity index (χ3v) is 5.52. The van der Waals surface area contributed by atoms with Crippen LogP contribution in [0.3, 0.4) is 0 Å². The monoisotopic (exact) mass is 432 g/mol. The van der Waals surface area contributed by atoms with Crippen molar-refractivity contribution >= 4 is 11.7 Å². The van der Waals surface area contributed by atoms with Gasteiger partial charge in [-0.2, -0.15) is 23.4 Å². The first-order valence-electron chi connectivity index (χ1n) is 9.88. The highest BCUT2D eigenvalue weighted by Gasteiger charge is 2.47. The van der Waals surface area contributed by atoms with E-state index in [1.54, 1.807) is 30.1 Å². The van der Waals surface area contributed by atoms with Crippen LogP contribution in [0.25, 0.3) is 0 Å². The summed E-state index contributed by atoms with van der Waals surface area (Å²) in [5.41, 5.74) is 3.42. The molecule has 164 valence electrons. The number of rotatable bonds is 4. The maximum absolute atomic E-state index is 13.8. The molecule has 4 rings (SSSR count). The van der Waals surface area contributed by atoms with E-state index in [9.17, 15) is 18.0 Å². The Morgan fingerprint density at radius 1 is 1.26 bits per heavy atom. The second-order valence-corrected chi connectivity index (χ2v) is 7.85. The van der Waals surface area contributed by atoms with Gasteiger partial charge in [-0.3, -0.25) is 9.48 Å². The Kier molecular flexibility index (Phi) is 5.24. The summed E-state index contributed by atoms with van der Waals surface area (Å²) < 4.78 is 43.9. The van der Waals surface area contributed by atoms with Crippen molar-refractivity contribution in [2.24, 2.45) is 7.05 Å². The number of aromatic nitrogens is 4. The van der Waals surface area contributed by atoms with E-state index in [-0.39, 0.29) is 24.3 Å². The van der Waals surface area contributed by atoms with E-state index in [2.05, 4.69) is 20.8 Å². The first-order chi connectivity index (χ1) is 14.6. The zero-order valence-electron chi connectivity index (χ0n) is 17.4. The minimum atomic E-state index is -4.49. The van der Waals surface area contributed by atoms with Crippen LogP contribution in [-0.2, 0) is 13.6 Å². The predicted octanol–water partition coefficient (Wildman–Crippen LogP) is 3.82. The van der Waals surface area contributed by atoms with Crippen LogP contribution in [0.5, 0.6) is 0 Å². The number of halogens is 3. The highest BCUT2D eigenvalue weighted by Crippen LogP contribution is 2.44. The first kappa shape index (κ1) is 21.0. The van der Waals surface area contributed by atoms with Crippen molar-refractivity contribution in [3.8, 4) is 0 Å². The molecule has 3 aromatic rings. The SMILES string of the molecule is Cc1ccc([C@H]2C[C@H](C(F)(F)F)n3ncc(C(=O)NCc4cn(C)nc4C)c3N2)cc1. The van der Waals surface area contributed by atoms with Gasteiger partial charge in [-0.05, 0) is 19.4 Å². The summed E-state index contributed by atoms with van der Waals surface area (Å²) in [6.07, 6.45) is -1.73. The van der Waals surface area contributed by atoms with E-state index < -0.39 is 24.2 Å². The Balaban J connectivity index is 1.62. The highest BCUT2D eigenvalue weighted by atomic mass is 19.4. The van der Waals surface area contributed by atoms with Gasteiger partial charge >= 0.3 is 6.18 Å². The van der Waals surface area contributed by atoms with Crippen molar-refractivity contribution in [2.75, 3.05) is 5.32 Å². The van der Waals surface area contributed by atoms with Crippen LogP contribution in [0.2, 0.25) is 0 Å². The maximum atomic E-state index is 13.8. The van der Waals surface area contributed by atoms with Crippen molar-refractivity contribution in [1.82, 2.24) is 24.9 Å². The van der Waals surface area contributed by atoms with Gasteiger partial charge in [0.1, 0.15) is 11.4 Å². The minimum absolute atomic E-state index is 0.0690. The first-order valence-corrected chi connectivity index (χ1v) is 9.88. The Labute approximate surface area is 177 Å². The van der Waals surface area contributed by atoms with Gasteiger partial charge in [0.15, 0.2) is 6.04 Å². The number of nitrogens with one attached hydrogen (secondary N) is 2. The summed E-state index contributed by atoms with van der Waals surface area (Å²) in [5.74, 6) is -0.429. The lowest BCUT2D eigenvalue weighted by molar-refractivity contribution is -0.173. The number of aryl methyl sites for hydroxylation is 3. The predicted molar refractivity (Wildman–Crippen MR) is 109 cm³/mol. The van der Waals surface area contributed by atoms with Crippen molar-refractivity contribution in [3.05, 3.63) is 64.6 Å². The zero-order chi connectivity index (χ0) is 22.3. The molecule has 0 aliphatic carbocycles. The molecule has 1 aliphatic heterocycles. The molecular weight excluding hydrogens is 409 g/mol. The van der Waals surface area contributed by atoms with Gasteiger partial charge < -0.3 is 10.6 Å². The van der Waals surface area contributed by atoms with Gasteiger partial charge in [0, 0.05) is 31.8 Å². The van der Waals surface area contributed by atoms with Crippen LogP contribution in [0, 0.1) is 13.8 Å². The van der Waals surface area contributed by atoms with Crippen LogP contribution in [-0.4, -0.2) is 31.6 Å². The number of hydrogen-bond acceptors (Lipinski definition) is 4. The van der Waals surface area contributed by atoms with Gasteiger partial charge in [0.2, 0.25) is 0 Å². The summed E-state index contributed by atoms with van der Waals surface area (Å²) in [6, 6.07) is 4.90. The van der Waals surface area contributed by atoms with Crippen molar-refractivity contribution < 1.29 is 18.0 Å². The van der Waals surface area contributed by atoms with E-state index in [0.717, 1.165) is 27.1 Å². The quantitative estimate of drug-likeness (QED) is 0.657. The Morgan fingerprint density at radius 2 is 1.97 bits per heavy atom. The molecule has 1 aliphatic rings. The van der Waals surface area contributed by atoms with Crippen LogP contribution < -0.4 is 10.6 Å². The number of carbonyl (C=O) groups excluding carboxylic acids is 1. The average molecular weight is 432 g/mol. The fourth-order valence-electron chi connectivity index (χ4n) is 3.84. The summed E-state index contributed by atoms with van der Waals surface area (Å²) in [4.78, 5) is 12.8. The molecule has 0 saturated heterocycles. The molecule has 1 aromatic carbocycles. The number of benzene rings is 1. The molecule has 0 fully saturated rings. The van der Waals surface area contributed by atoms with Crippen molar-refractivity contribution in [1.29, 1.82) is 0 Å². The number of anilines is 1. The molecule has 1 amide bonds. The van der Waals surface area contributed by atoms with Crippen LogP contribution in [0.1, 0.15) is 51.2 Å². The third-order valence-electron chi connectivity index (χ3n) is 5.52. The Hall–Kier alpha value is -3.30. The Morgan fingerprint density at radius 3 is 2.58 bits per heavy atom. The third kappa shape index (κ3) is 4.14. The molecule has 0 radical (unpaired) electrons. The molecule has 0 saturated carbocycles. The molecule has 3 heterocycles. The van der Waals surface area contributed by atoms with Gasteiger partial charge in [-0.25, -0.2) is 4.68 Å². The standard InChI is InChI=1S/C21H23F3N6O/c1-12-4-6-14(7-5-12)17-8-18(21(22,23)24)30-19(27-17)16(10-26-30)20(31)25-9-15-11-29(3)28-13(15)2/h4-7,10-11,17-18,27H,8-9H2,1-3H3,(H,25,31)/t17-,18-/m1/s1. The Bertz CT molecular complexity index is 1100. The van der Waals surface area contributed by atoms with Crippen LogP contribution >= 0.6 is 0 Å². The molecule has 2 atom stereocenters. The van der Waals surface area contributed by atoms with Crippen LogP contribution in [0.4, 0.5) is 19.0 Å². The number of alkyl halides is 3. The lowest BCUT2D eigenvalue weighted by Gasteiger charge is -2.34. The van der Waals surface area contributed by atoms with E-state index in [1.165, 1.54) is 6.20 Å². The molecule has 0 spiro atoms. The van der Waals surface area contributed by atoms with E-state index in [0.29, 0.717) is 0 Å². The number of hydrogen-bond donors (Lipinski definition) is 2. The number of amides is 1. The maximum Gasteiger partial charge on any atom is 0.410 e. The molecule has 10 heteroatoms. The molecule has 7 nitrogen and oxygen atoms in total. The molecule has 2 N–H and O–H groups in total. The van der Waals surface area contributed by atoms with Gasteiger partial charge in [-0.1, -0.05) is 29.8 Å². The second kappa shape index (κ2) is 7.75. The zero-order valence-corrected chi connectivity index (χ0v) is 17.4. The van der Waals surface area contributed by atoms with E-state index >= 15 is 0 Å². The van der Waals surface area contributed by atoms with Crippen LogP contribution in [0.15, 0.2) is 36.7 Å². The number of nitrogens with zero attached hydrogens (tertiary/aromatic N) is 4. The lowest BCUT2D eigenvalue weighted by atomic mass is 9.96. The molecule has 0 unspecified atom stereocenters. The number of carbonyl (C=O) groups is 1. The highest BCUT2D eigenvalue weighted by molar-refractivity contribution is 5.98. The molecule has 2 aromatic heterocycles. The average Bonchev–Trinajstić information content (AvgIpc) is 3.27. The smallest absolute Gasteiger partial charge is 0.363 e. The van der Waals surface area contributed by atoms with Crippen molar-refractivity contribution in [3.63, 3.8) is 0 Å². The summed E-state index contributed by atoms with van der Waals surface area (Å²) in [7, 11) is 1.78. The summed E-state index contributed by atoms with van der Waals surface area (Å²) in [5, 5.41) is 14.0. The van der Waals surface area contributed by atoms with Gasteiger partial charge in [0.05, 0.1) is 17.9 Å². The summed E-state index contributed by atoms with van der Waals surface area (Å²) >= 11 is 0. The molecule has 0 bridgehead atoms. The van der Waals surface area contributed by atoms with E-state index in [1.807, 2.05) is 26.0 Å². The topological polar surface area (TPSA) is 76.8 Å². The van der Waals surface area contributed by atoms with Gasteiger partial charge in [0.25, 0.3) is 5.91 Å². The largest absolute Gasteiger partial charge is 0.410 e. The molecule has 31 heavy (non-hydrogen) atoms. The minimum Gasteiger partial charge on any atom is -0.363 e.